The van der Waals surface area contributed by atoms with Gasteiger partial charge in [0, 0.05) is 46.2 Å². The maximum Gasteiger partial charge on any atom is 0.264 e. The van der Waals surface area contributed by atoms with E-state index in [-0.39, 0.29) is 18.6 Å². The molecular weight excluding hydrogens is 672 g/mol. The molecule has 1 N–H and O–H groups in total. The lowest BCUT2D eigenvalue weighted by atomic mass is 10.2. The zero-order valence-electron chi connectivity index (χ0n) is 23.3. The molecule has 0 spiro atoms. The molecule has 3 heterocycles. The van der Waals surface area contributed by atoms with Gasteiger partial charge in [-0.25, -0.2) is 8.42 Å². The second-order valence-corrected chi connectivity index (χ2v) is 16.4. The van der Waals surface area contributed by atoms with E-state index in [2.05, 4.69) is 16.7 Å². The number of thioether (sulfide) groups is 1. The van der Waals surface area contributed by atoms with Gasteiger partial charge in [0.2, 0.25) is 5.52 Å². The molecule has 43 heavy (non-hydrogen) atoms. The highest BCUT2D eigenvalue weighted by atomic mass is 35.5. The van der Waals surface area contributed by atoms with E-state index < -0.39 is 26.0 Å². The SMILES string of the molecule is CCC(=Cc1sc2cc(OC)c3ccsc3c2[n+]1CCCS(=O)(=O)[O-])C=C1Sc2ccc(Cl)cc2N1CCCS(=O)(=O)O. The van der Waals surface area contributed by atoms with Crippen LogP contribution in [0.2, 0.25) is 5.02 Å². The minimum atomic E-state index is -4.35. The van der Waals surface area contributed by atoms with Crippen molar-refractivity contribution in [1.82, 2.24) is 0 Å². The fraction of sp³-hybridized carbons (Fsp3) is 0.321. The lowest BCUT2D eigenvalue weighted by molar-refractivity contribution is -0.667. The van der Waals surface area contributed by atoms with Crippen molar-refractivity contribution in [2.45, 2.75) is 37.6 Å². The fourth-order valence-electron chi connectivity index (χ4n) is 4.95. The third kappa shape index (κ3) is 7.56. The van der Waals surface area contributed by atoms with Crippen LogP contribution >= 0.6 is 46.0 Å². The van der Waals surface area contributed by atoms with Crippen molar-refractivity contribution in [3.63, 3.8) is 0 Å². The Labute approximate surface area is 267 Å². The lowest BCUT2D eigenvalue weighted by Crippen LogP contribution is -2.36. The van der Waals surface area contributed by atoms with Crippen LogP contribution < -0.4 is 14.2 Å². The normalized spacial score (nSPS) is 15.2. The van der Waals surface area contributed by atoms with Crippen molar-refractivity contribution < 1.29 is 35.2 Å². The largest absolute Gasteiger partial charge is 0.748 e. The van der Waals surface area contributed by atoms with Gasteiger partial charge in [0.25, 0.3) is 15.1 Å². The summed E-state index contributed by atoms with van der Waals surface area (Å²) in [7, 11) is -6.82. The summed E-state index contributed by atoms with van der Waals surface area (Å²) in [5.41, 5.74) is 2.84. The summed E-state index contributed by atoms with van der Waals surface area (Å²) in [6.45, 7) is 2.75. The molecule has 15 heteroatoms. The molecule has 4 aromatic rings. The van der Waals surface area contributed by atoms with Crippen LogP contribution in [0, 0.1) is 0 Å². The zero-order valence-corrected chi connectivity index (χ0v) is 28.1. The number of hydrogen-bond donors (Lipinski definition) is 1. The first-order valence-electron chi connectivity index (χ1n) is 13.3. The number of ether oxygens (including phenoxy) is 1. The van der Waals surface area contributed by atoms with Crippen LogP contribution in [-0.4, -0.2) is 51.1 Å². The molecular formula is C28H29ClN2O7S5. The Morgan fingerprint density at radius 1 is 1.16 bits per heavy atom. The van der Waals surface area contributed by atoms with Gasteiger partial charge in [0.1, 0.15) is 15.1 Å². The van der Waals surface area contributed by atoms with Gasteiger partial charge in [0.15, 0.2) is 6.54 Å². The number of thiazole rings is 1. The van der Waals surface area contributed by atoms with Crippen molar-refractivity contribution in [2.75, 3.05) is 30.1 Å². The first kappa shape index (κ1) is 32.2. The topological polar surface area (TPSA) is 128 Å². The second kappa shape index (κ2) is 13.1. The van der Waals surface area contributed by atoms with Gasteiger partial charge in [0.05, 0.1) is 33.7 Å². The number of halogens is 1. The Balaban J connectivity index is 1.58. The summed E-state index contributed by atoms with van der Waals surface area (Å²) in [6.07, 6.45) is 5.22. The summed E-state index contributed by atoms with van der Waals surface area (Å²) in [5.74, 6) is -0.0489. The number of hydrogen-bond acceptors (Lipinski definition) is 10. The standard InChI is InChI=1S/C28H29ClN2O7S5/c1-3-18(14-25-30(9-4-12-42(32,33)34)21-16-19(29)6-7-23(21)40-25)15-26-31(10-5-13-43(35,36)37)27-24(41-26)17-22(38-2)20-8-11-39-28(20)27/h6-8,11,14-17H,3-5,9-10,12-13H2,1-2H3,(H-,32,33,34,35,36,37). The van der Waals surface area contributed by atoms with Crippen LogP contribution in [0.1, 0.15) is 31.2 Å². The third-order valence-corrected chi connectivity index (χ3v) is 11.8. The maximum atomic E-state index is 11.4. The number of allylic oxidation sites excluding steroid dienone is 2. The van der Waals surface area contributed by atoms with Crippen molar-refractivity contribution >= 4 is 98.3 Å². The molecule has 230 valence electrons. The van der Waals surface area contributed by atoms with Gasteiger partial charge in [-0.1, -0.05) is 41.6 Å². The summed E-state index contributed by atoms with van der Waals surface area (Å²) in [6, 6.07) is 9.57. The molecule has 0 unspecified atom stereocenters. The summed E-state index contributed by atoms with van der Waals surface area (Å²) in [4.78, 5) is 3.00. The Morgan fingerprint density at radius 3 is 2.65 bits per heavy atom. The summed E-state index contributed by atoms with van der Waals surface area (Å²) >= 11 is 11.0. The van der Waals surface area contributed by atoms with Crippen molar-refractivity contribution in [1.29, 1.82) is 0 Å². The number of aromatic nitrogens is 1. The molecule has 1 aliphatic heterocycles. The molecule has 5 rings (SSSR count). The van der Waals surface area contributed by atoms with Crippen LogP contribution in [0.15, 0.2) is 57.3 Å². The Bertz CT molecular complexity index is 1960. The average Bonchev–Trinajstić information content (AvgIpc) is 3.62. The molecule has 0 saturated carbocycles. The van der Waals surface area contributed by atoms with Crippen LogP contribution in [-0.2, 0) is 26.8 Å². The van der Waals surface area contributed by atoms with E-state index in [1.807, 2.05) is 47.5 Å². The number of benzene rings is 2. The number of aryl methyl sites for hydroxylation is 1. The van der Waals surface area contributed by atoms with Gasteiger partial charge in [-0.2, -0.15) is 13.0 Å². The third-order valence-electron chi connectivity index (χ3n) is 6.89. The predicted octanol–water partition coefficient (Wildman–Crippen LogP) is 6.53. The lowest BCUT2D eigenvalue weighted by Gasteiger charge is -2.20. The van der Waals surface area contributed by atoms with E-state index in [1.54, 1.807) is 41.5 Å². The molecule has 0 fully saturated rings. The quantitative estimate of drug-likeness (QED) is 0.130. The second-order valence-electron chi connectivity index (χ2n) is 9.86. The van der Waals surface area contributed by atoms with Crippen LogP contribution in [0.3, 0.4) is 0 Å². The molecule has 1 aliphatic rings. The predicted molar refractivity (Wildman–Crippen MR) is 175 cm³/mol. The minimum absolute atomic E-state index is 0.179. The number of fused-ring (bicyclic) bond motifs is 4. The number of thiophene rings is 1. The minimum Gasteiger partial charge on any atom is -0.748 e. The van der Waals surface area contributed by atoms with Crippen molar-refractivity contribution in [3.05, 3.63) is 62.4 Å². The highest BCUT2D eigenvalue weighted by molar-refractivity contribution is 8.03. The van der Waals surface area contributed by atoms with Crippen molar-refractivity contribution in [2.24, 2.45) is 0 Å². The van der Waals surface area contributed by atoms with E-state index in [4.69, 9.17) is 16.3 Å². The first-order valence-corrected chi connectivity index (χ1v) is 19.4. The highest BCUT2D eigenvalue weighted by Gasteiger charge is 2.27. The van der Waals surface area contributed by atoms with Gasteiger partial charge in [-0.05, 0) is 54.1 Å². The van der Waals surface area contributed by atoms with E-state index in [0.717, 1.165) is 52.2 Å². The van der Waals surface area contributed by atoms with E-state index in [9.17, 15) is 25.9 Å². The van der Waals surface area contributed by atoms with Gasteiger partial charge in [-0.15, -0.1) is 11.3 Å². The maximum absolute atomic E-state index is 11.4. The van der Waals surface area contributed by atoms with E-state index >= 15 is 0 Å². The number of rotatable bonds is 12. The molecule has 0 radical (unpaired) electrons. The molecule has 0 aliphatic carbocycles. The van der Waals surface area contributed by atoms with E-state index in [1.165, 1.54) is 0 Å². The van der Waals surface area contributed by atoms with Gasteiger partial charge < -0.3 is 14.2 Å². The van der Waals surface area contributed by atoms with Crippen LogP contribution in [0.4, 0.5) is 5.69 Å². The van der Waals surface area contributed by atoms with E-state index in [0.29, 0.717) is 24.5 Å². The highest BCUT2D eigenvalue weighted by Crippen LogP contribution is 2.47. The number of nitrogens with zero attached hydrogens (tertiary/aromatic N) is 2. The number of anilines is 1. The smallest absolute Gasteiger partial charge is 0.264 e. The Hall–Kier alpha value is -2.17. The van der Waals surface area contributed by atoms with Crippen molar-refractivity contribution in [3.8, 4) is 5.75 Å². The molecule has 0 saturated heterocycles. The monoisotopic (exact) mass is 700 g/mol. The molecule has 0 atom stereocenters. The van der Waals surface area contributed by atoms with Gasteiger partial charge in [-0.3, -0.25) is 4.55 Å². The molecule has 2 aromatic carbocycles. The molecule has 9 nitrogen and oxygen atoms in total. The number of methoxy groups -OCH3 is 1. The summed E-state index contributed by atoms with van der Waals surface area (Å²) < 4.78 is 76.0. The van der Waals surface area contributed by atoms with Gasteiger partial charge >= 0.3 is 0 Å². The molecule has 0 bridgehead atoms. The summed E-state index contributed by atoms with van der Waals surface area (Å²) in [5, 5.41) is 5.32. The zero-order chi connectivity index (χ0) is 30.9. The first-order chi connectivity index (χ1) is 20.4. The average molecular weight is 701 g/mol. The Kier molecular flexibility index (Phi) is 9.78. The Morgan fingerprint density at radius 2 is 1.95 bits per heavy atom. The molecule has 0 amide bonds. The fourth-order valence-corrected chi connectivity index (χ4v) is 9.48. The van der Waals surface area contributed by atoms with Crippen LogP contribution in [0.25, 0.3) is 26.4 Å². The molecule has 2 aromatic heterocycles. The van der Waals surface area contributed by atoms with Crippen LogP contribution in [0.5, 0.6) is 5.75 Å².